The second kappa shape index (κ2) is 11.0. The Morgan fingerprint density at radius 2 is 1.06 bits per heavy atom. The van der Waals surface area contributed by atoms with Gasteiger partial charge < -0.3 is 8.98 Å². The highest BCUT2D eigenvalue weighted by Gasteiger charge is 2.16. The lowest BCUT2D eigenvalue weighted by Crippen LogP contribution is -1.93. The van der Waals surface area contributed by atoms with E-state index in [9.17, 15) is 0 Å². The molecule has 6 aromatic carbocycles. The number of hydrogen-bond acceptors (Lipinski definition) is 4. The summed E-state index contributed by atoms with van der Waals surface area (Å²) in [5.41, 5.74) is 11.4. The van der Waals surface area contributed by atoms with Crippen LogP contribution in [-0.4, -0.2) is 14.5 Å². The molecule has 0 saturated carbocycles. The van der Waals surface area contributed by atoms with Crippen LogP contribution < -0.4 is 0 Å². The van der Waals surface area contributed by atoms with E-state index < -0.39 is 0 Å². The Morgan fingerprint density at radius 1 is 0.431 bits per heavy atom. The van der Waals surface area contributed by atoms with Crippen LogP contribution in [0.2, 0.25) is 0 Å². The number of para-hydroxylation sites is 2. The summed E-state index contributed by atoms with van der Waals surface area (Å²) < 4.78 is 11.0. The molecule has 5 aromatic heterocycles. The van der Waals surface area contributed by atoms with Gasteiger partial charge in [-0.1, -0.05) is 66.7 Å². The predicted octanol–water partition coefficient (Wildman–Crippen LogP) is 12.8. The van der Waals surface area contributed by atoms with Crippen molar-refractivity contribution >= 4 is 75.3 Å². The molecule has 5 heterocycles. The van der Waals surface area contributed by atoms with Gasteiger partial charge >= 0.3 is 0 Å². The van der Waals surface area contributed by atoms with E-state index in [1.807, 2.05) is 41.8 Å². The van der Waals surface area contributed by atoms with Crippen molar-refractivity contribution in [1.29, 1.82) is 0 Å². The first-order chi connectivity index (χ1) is 25.2. The predicted molar refractivity (Wildman–Crippen MR) is 213 cm³/mol. The van der Waals surface area contributed by atoms with E-state index in [1.54, 1.807) is 0 Å². The fraction of sp³-hybridized carbons (Fsp3) is 0. The van der Waals surface area contributed by atoms with Crippen molar-refractivity contribution in [2.45, 2.75) is 0 Å². The first-order valence-corrected chi connectivity index (χ1v) is 17.9. The molecule has 5 heteroatoms. The quantitative estimate of drug-likeness (QED) is 0.187. The number of nitrogens with zero attached hydrogens (tertiary/aromatic N) is 3. The molecule has 51 heavy (non-hydrogen) atoms. The fourth-order valence-electron chi connectivity index (χ4n) is 7.65. The molecule has 0 spiro atoms. The molecule has 0 radical (unpaired) electrons. The SMILES string of the molecule is c1ccc(-c2ccc3sc4ccc(-c5cccc(-c6ccc7c(c6)c6ccccc6n7-c6ccc7oc8ccccc8c7c6)n5)cc4c3c2)nc1. The molecule has 0 atom stereocenters. The van der Waals surface area contributed by atoms with E-state index in [2.05, 4.69) is 143 Å². The van der Waals surface area contributed by atoms with Crippen LogP contribution in [0.5, 0.6) is 0 Å². The molecule has 0 aliphatic carbocycles. The number of rotatable bonds is 4. The summed E-state index contributed by atoms with van der Waals surface area (Å²) in [6, 6.07) is 55.9. The van der Waals surface area contributed by atoms with Gasteiger partial charge in [0, 0.05) is 70.3 Å². The topological polar surface area (TPSA) is 43.9 Å². The number of furan rings is 1. The van der Waals surface area contributed by atoms with E-state index in [4.69, 9.17) is 9.40 Å². The minimum absolute atomic E-state index is 0.898. The van der Waals surface area contributed by atoms with E-state index >= 15 is 0 Å². The Labute approximate surface area is 296 Å². The van der Waals surface area contributed by atoms with Crippen LogP contribution in [0.15, 0.2) is 168 Å². The van der Waals surface area contributed by atoms with Gasteiger partial charge in [-0.2, -0.15) is 0 Å². The number of aromatic nitrogens is 3. The van der Waals surface area contributed by atoms with Crippen LogP contribution in [0, 0.1) is 0 Å². The number of fused-ring (bicyclic) bond motifs is 9. The first-order valence-electron chi connectivity index (χ1n) is 17.1. The maximum absolute atomic E-state index is 6.15. The molecule has 0 bridgehead atoms. The van der Waals surface area contributed by atoms with E-state index in [0.29, 0.717) is 0 Å². The highest BCUT2D eigenvalue weighted by Crippen LogP contribution is 2.40. The molecule has 0 saturated heterocycles. The molecular formula is C46H27N3OS. The molecular weight excluding hydrogens is 643 g/mol. The third-order valence-corrected chi connectivity index (χ3v) is 11.2. The first kappa shape index (κ1) is 28.3. The molecule has 0 fully saturated rings. The van der Waals surface area contributed by atoms with Crippen LogP contribution in [0.1, 0.15) is 0 Å². The summed E-state index contributed by atoms with van der Waals surface area (Å²) in [4.78, 5) is 9.82. The summed E-state index contributed by atoms with van der Waals surface area (Å²) in [5.74, 6) is 0. The van der Waals surface area contributed by atoms with E-state index in [1.165, 1.54) is 36.5 Å². The van der Waals surface area contributed by atoms with Gasteiger partial charge in [0.2, 0.25) is 0 Å². The average Bonchev–Trinajstić information content (AvgIpc) is 3.86. The van der Waals surface area contributed by atoms with Crippen molar-refractivity contribution in [2.24, 2.45) is 0 Å². The minimum Gasteiger partial charge on any atom is -0.456 e. The summed E-state index contributed by atoms with van der Waals surface area (Å²) in [5, 5.41) is 7.15. The molecule has 0 aliphatic rings. The molecule has 238 valence electrons. The van der Waals surface area contributed by atoms with Crippen LogP contribution >= 0.6 is 11.3 Å². The van der Waals surface area contributed by atoms with Gasteiger partial charge in [0.1, 0.15) is 11.2 Å². The standard InChI is InChI=1S/C46H27N3OS/c1-3-13-41-32(8-1)34-24-29(15-19-42(34)49(41)31-18-20-44-35(27-31)33-9-2-4-14-43(33)50-44)39-11-7-12-40(48-39)30-17-22-46-37(26-30)36-25-28(16-21-45(36)51-46)38-10-5-6-23-47-38/h1-27H. The smallest absolute Gasteiger partial charge is 0.135 e. The highest BCUT2D eigenvalue weighted by atomic mass is 32.1. The highest BCUT2D eigenvalue weighted by molar-refractivity contribution is 7.25. The van der Waals surface area contributed by atoms with Crippen LogP contribution in [0.25, 0.3) is 103 Å². The lowest BCUT2D eigenvalue weighted by atomic mass is 10.0. The number of hydrogen-bond donors (Lipinski definition) is 0. The van der Waals surface area contributed by atoms with Gasteiger partial charge in [-0.25, -0.2) is 4.98 Å². The van der Waals surface area contributed by atoms with Gasteiger partial charge in [0.15, 0.2) is 0 Å². The largest absolute Gasteiger partial charge is 0.456 e. The minimum atomic E-state index is 0.898. The monoisotopic (exact) mass is 669 g/mol. The van der Waals surface area contributed by atoms with Crippen LogP contribution in [0.4, 0.5) is 0 Å². The van der Waals surface area contributed by atoms with Gasteiger partial charge in [-0.05, 0) is 91.0 Å². The molecule has 11 aromatic rings. The van der Waals surface area contributed by atoms with Crippen molar-refractivity contribution in [3.05, 3.63) is 164 Å². The molecule has 4 nitrogen and oxygen atoms in total. The molecule has 0 amide bonds. The van der Waals surface area contributed by atoms with Crippen molar-refractivity contribution in [1.82, 2.24) is 14.5 Å². The third-order valence-electron chi connectivity index (χ3n) is 10.1. The summed E-state index contributed by atoms with van der Waals surface area (Å²) in [6.45, 7) is 0. The lowest BCUT2D eigenvalue weighted by Gasteiger charge is -2.09. The van der Waals surface area contributed by atoms with Crippen LogP contribution in [-0.2, 0) is 0 Å². The van der Waals surface area contributed by atoms with Gasteiger partial charge in [-0.15, -0.1) is 11.3 Å². The lowest BCUT2D eigenvalue weighted by molar-refractivity contribution is 0.669. The summed E-state index contributed by atoms with van der Waals surface area (Å²) >= 11 is 1.83. The molecule has 0 unspecified atom stereocenters. The Hall–Kier alpha value is -6.56. The zero-order chi connectivity index (χ0) is 33.5. The van der Waals surface area contributed by atoms with Gasteiger partial charge in [-0.3, -0.25) is 4.98 Å². The fourth-order valence-corrected chi connectivity index (χ4v) is 8.72. The van der Waals surface area contributed by atoms with Crippen LogP contribution in [0.3, 0.4) is 0 Å². The number of pyridine rings is 2. The van der Waals surface area contributed by atoms with E-state index in [0.717, 1.165) is 66.9 Å². The Morgan fingerprint density at radius 3 is 1.84 bits per heavy atom. The Bertz CT molecular complexity index is 3150. The van der Waals surface area contributed by atoms with Crippen molar-refractivity contribution < 1.29 is 4.42 Å². The Kier molecular flexibility index (Phi) is 6.09. The van der Waals surface area contributed by atoms with Crippen molar-refractivity contribution in [2.75, 3.05) is 0 Å². The number of benzene rings is 6. The zero-order valence-corrected chi connectivity index (χ0v) is 28.1. The Balaban J connectivity index is 1.02. The normalized spacial score (nSPS) is 11.9. The van der Waals surface area contributed by atoms with Gasteiger partial charge in [0.05, 0.1) is 28.1 Å². The maximum Gasteiger partial charge on any atom is 0.135 e. The zero-order valence-electron chi connectivity index (χ0n) is 27.2. The number of thiophene rings is 1. The van der Waals surface area contributed by atoms with Crippen molar-refractivity contribution in [3.8, 4) is 39.5 Å². The maximum atomic E-state index is 6.15. The third kappa shape index (κ3) is 4.45. The average molecular weight is 670 g/mol. The summed E-state index contributed by atoms with van der Waals surface area (Å²) in [6.07, 6.45) is 1.85. The van der Waals surface area contributed by atoms with Gasteiger partial charge in [0.25, 0.3) is 0 Å². The van der Waals surface area contributed by atoms with Crippen molar-refractivity contribution in [3.63, 3.8) is 0 Å². The molecule has 0 aliphatic heterocycles. The molecule has 0 N–H and O–H groups in total. The second-order valence-corrected chi connectivity index (χ2v) is 14.1. The van der Waals surface area contributed by atoms with E-state index in [-0.39, 0.29) is 0 Å². The summed E-state index contributed by atoms with van der Waals surface area (Å²) in [7, 11) is 0. The second-order valence-electron chi connectivity index (χ2n) is 13.0. The molecule has 11 rings (SSSR count).